The van der Waals surface area contributed by atoms with Crippen LogP contribution in [0.2, 0.25) is 10.0 Å². The van der Waals surface area contributed by atoms with Gasteiger partial charge < -0.3 is 29.2 Å². The Morgan fingerprint density at radius 2 is 1.10 bits per heavy atom. The number of esters is 2. The summed E-state index contributed by atoms with van der Waals surface area (Å²) in [6.07, 6.45) is 3.14. The van der Waals surface area contributed by atoms with Gasteiger partial charge in [0.2, 0.25) is 0 Å². The summed E-state index contributed by atoms with van der Waals surface area (Å²) in [7, 11) is 0. The van der Waals surface area contributed by atoms with Crippen molar-refractivity contribution in [1.29, 1.82) is 0 Å². The van der Waals surface area contributed by atoms with E-state index in [9.17, 15) is 37.5 Å². The highest BCUT2D eigenvalue weighted by molar-refractivity contribution is 6.80. The molecule has 0 saturated carbocycles. The monoisotopic (exact) mass is 1040 g/mol. The minimum Gasteiger partial charge on any atom is -0.460 e. The van der Waals surface area contributed by atoms with E-state index >= 15 is 0 Å². The largest absolute Gasteiger partial charge is 0.460 e. The molecule has 6 heterocycles. The zero-order chi connectivity index (χ0) is 51.7. The van der Waals surface area contributed by atoms with Crippen LogP contribution in [-0.2, 0) is 36.9 Å². The number of hydrogen-bond donors (Lipinski definition) is 2. The van der Waals surface area contributed by atoms with E-state index in [-0.39, 0.29) is 82.6 Å². The lowest BCUT2D eigenvalue weighted by Crippen LogP contribution is -2.57. The van der Waals surface area contributed by atoms with Gasteiger partial charge in [0, 0.05) is 75.8 Å². The van der Waals surface area contributed by atoms with Crippen LogP contribution in [0, 0.1) is 11.6 Å². The summed E-state index contributed by atoms with van der Waals surface area (Å²) in [5, 5.41) is -0.575. The maximum Gasteiger partial charge on any atom is 0.391 e. The lowest BCUT2D eigenvalue weighted by molar-refractivity contribution is -0.149. The molecule has 2 fully saturated rings. The van der Waals surface area contributed by atoms with Gasteiger partial charge in [-0.1, -0.05) is 47.5 Å². The number of ketones is 1. The first-order chi connectivity index (χ1) is 33.8. The minimum atomic E-state index is -1.08. The number of H-pyrrole nitrogens is 2. The van der Waals surface area contributed by atoms with Gasteiger partial charge in [0.15, 0.2) is 0 Å². The summed E-state index contributed by atoms with van der Waals surface area (Å²) in [4.78, 5) is 93.8. The smallest absolute Gasteiger partial charge is 0.391 e. The molecule has 4 aromatic heterocycles. The number of halogens is 5. The maximum atomic E-state index is 13.5. The fourth-order valence-electron chi connectivity index (χ4n) is 8.27. The molecule has 0 aliphatic carbocycles. The number of pyridine rings is 2. The molecule has 8 rings (SSSR count). The second-order valence-corrected chi connectivity index (χ2v) is 18.3. The SMILES string of the molecule is CCOC(=O)C(=O)Cl.CCOC(=O)C(=O)c1c[nH]c2cc(Cl)c(C(=O)N3C[C@H](C)N(Cc4ccc(F)cc4)C[C@H]3C)nc12.C[C@@H]1CN(Cc2ccc(F)cc2)[C@@H](C)CN1C(=O)c1nc2cc[nH]c2cc1Cl. The summed E-state index contributed by atoms with van der Waals surface area (Å²) >= 11 is 17.4. The quantitative estimate of drug-likeness (QED) is 0.0548. The normalized spacial score (nSPS) is 18.2. The molecule has 2 aliphatic heterocycles. The molecule has 0 bridgehead atoms. The van der Waals surface area contributed by atoms with Crippen molar-refractivity contribution in [3.63, 3.8) is 0 Å². The van der Waals surface area contributed by atoms with Crippen molar-refractivity contribution in [3.8, 4) is 0 Å². The Bertz CT molecular complexity index is 2900. The fraction of sp³-hybridized carbons (Fsp3) is 0.360. The molecule has 2 aliphatic rings. The van der Waals surface area contributed by atoms with Crippen LogP contribution in [-0.4, -0.2) is 138 Å². The van der Waals surface area contributed by atoms with Crippen LogP contribution in [0.4, 0.5) is 8.78 Å². The van der Waals surface area contributed by atoms with Gasteiger partial charge >= 0.3 is 17.2 Å². The van der Waals surface area contributed by atoms with Crippen LogP contribution >= 0.6 is 34.8 Å². The molecule has 21 heteroatoms. The molecular weight excluding hydrogens is 985 g/mol. The Morgan fingerprint density at radius 1 is 0.634 bits per heavy atom. The summed E-state index contributed by atoms with van der Waals surface area (Å²) in [6.45, 7) is 15.3. The van der Waals surface area contributed by atoms with Gasteiger partial charge in [0.05, 0.1) is 45.4 Å². The first-order valence-corrected chi connectivity index (χ1v) is 23.9. The number of nitrogens with zero attached hydrogens (tertiary/aromatic N) is 6. The van der Waals surface area contributed by atoms with Crippen molar-refractivity contribution in [3.05, 3.63) is 129 Å². The standard InChI is InChI=1S/C25H26ClFN4O4.C21H22ClFN4O.C4H5ClO3/c1-4-35-25(34)23(32)18-10-28-20-9-19(26)22(29-21(18)20)24(33)31-12-14(2)30(11-15(31)3)13-16-5-7-17(27)8-6-16;1-13-11-27(14(2)10-26(13)12-15-3-5-16(23)6-4-15)21(28)20-17(22)9-19-18(25-20)7-8-24-19;1-2-8-4(7)3(5)6/h5-10,14-15,28H,4,11-13H2,1-3H3;3-9,13-14,24H,10-12H2,1-2H3;2H2,1H3/t14-,15+;13-,14+;/m00./s1. The van der Waals surface area contributed by atoms with Crippen LogP contribution in [0.3, 0.4) is 0 Å². The minimum absolute atomic E-state index is 0.0164. The summed E-state index contributed by atoms with van der Waals surface area (Å²) < 4.78 is 35.4. The predicted molar refractivity (Wildman–Crippen MR) is 264 cm³/mol. The van der Waals surface area contributed by atoms with E-state index in [4.69, 9.17) is 39.5 Å². The van der Waals surface area contributed by atoms with Crippen molar-refractivity contribution in [2.45, 2.75) is 78.8 Å². The van der Waals surface area contributed by atoms with E-state index in [0.29, 0.717) is 42.4 Å². The average molecular weight is 1040 g/mol. The first kappa shape index (κ1) is 54.0. The van der Waals surface area contributed by atoms with Crippen LogP contribution in [0.1, 0.15) is 84.0 Å². The van der Waals surface area contributed by atoms with E-state index in [1.807, 2.05) is 31.7 Å². The second-order valence-electron chi connectivity index (χ2n) is 17.1. The van der Waals surface area contributed by atoms with Gasteiger partial charge in [-0.25, -0.2) is 28.3 Å². The van der Waals surface area contributed by atoms with E-state index < -0.39 is 23.0 Å². The Labute approximate surface area is 423 Å². The van der Waals surface area contributed by atoms with Crippen LogP contribution in [0.15, 0.2) is 79.1 Å². The van der Waals surface area contributed by atoms with E-state index in [2.05, 4.69) is 41.4 Å². The Kier molecular flexibility index (Phi) is 18.4. The number of hydrogen-bond acceptors (Lipinski definition) is 12. The van der Waals surface area contributed by atoms with Gasteiger partial charge in [0.25, 0.3) is 17.6 Å². The summed E-state index contributed by atoms with van der Waals surface area (Å²) in [6, 6.07) is 18.2. The molecule has 6 aromatic rings. The van der Waals surface area contributed by atoms with Crippen molar-refractivity contribution in [1.82, 2.24) is 39.5 Å². The van der Waals surface area contributed by atoms with Crippen molar-refractivity contribution in [2.75, 3.05) is 39.4 Å². The number of carbonyl (C=O) groups is 6. The molecule has 2 N–H and O–H groups in total. The number of ether oxygens (including phenoxy) is 2. The van der Waals surface area contributed by atoms with E-state index in [0.717, 1.165) is 35.2 Å². The molecule has 2 amide bonds. The molecular formula is C50H53Cl3F2N8O8. The summed E-state index contributed by atoms with van der Waals surface area (Å²) in [5.74, 6) is -3.83. The van der Waals surface area contributed by atoms with Crippen molar-refractivity contribution in [2.24, 2.45) is 0 Å². The number of aromatic nitrogens is 4. The van der Waals surface area contributed by atoms with Crippen molar-refractivity contribution < 1.29 is 47.0 Å². The number of benzene rings is 2. The molecule has 2 aromatic carbocycles. The molecule has 0 unspecified atom stereocenters. The number of aromatic amines is 2. The zero-order valence-electron chi connectivity index (χ0n) is 39.8. The number of carbonyl (C=O) groups excluding carboxylic acids is 6. The lowest BCUT2D eigenvalue weighted by atomic mass is 10.1. The molecule has 71 heavy (non-hydrogen) atoms. The van der Waals surface area contributed by atoms with Crippen molar-refractivity contribution >= 4 is 91.6 Å². The third-order valence-corrected chi connectivity index (χ3v) is 12.7. The summed E-state index contributed by atoms with van der Waals surface area (Å²) in [5.41, 5.74) is 4.54. The Morgan fingerprint density at radius 3 is 1.56 bits per heavy atom. The Hall–Kier alpha value is -6.31. The first-order valence-electron chi connectivity index (χ1n) is 22.8. The van der Waals surface area contributed by atoms with Gasteiger partial charge in [-0.05, 0) is 107 Å². The van der Waals surface area contributed by atoms with Crippen LogP contribution in [0.25, 0.3) is 22.1 Å². The molecule has 376 valence electrons. The van der Waals surface area contributed by atoms with E-state index in [1.165, 1.54) is 36.5 Å². The number of Topliss-reactive ketones (excluding diaryl/α,β-unsaturated/α-hetero) is 1. The molecule has 0 radical (unpaired) electrons. The number of rotatable bonds is 11. The third-order valence-electron chi connectivity index (χ3n) is 12.0. The lowest BCUT2D eigenvalue weighted by Gasteiger charge is -2.44. The topological polar surface area (TPSA) is 191 Å². The van der Waals surface area contributed by atoms with Gasteiger partial charge in [-0.15, -0.1) is 0 Å². The predicted octanol–water partition coefficient (Wildman–Crippen LogP) is 8.24. The van der Waals surface area contributed by atoms with Gasteiger partial charge in [-0.2, -0.15) is 0 Å². The van der Waals surface area contributed by atoms with Crippen LogP contribution in [0.5, 0.6) is 0 Å². The number of piperazine rings is 2. The number of nitrogens with one attached hydrogen (secondary N) is 2. The van der Waals surface area contributed by atoms with Gasteiger partial charge in [0.1, 0.15) is 28.5 Å². The van der Waals surface area contributed by atoms with Gasteiger partial charge in [-0.3, -0.25) is 29.0 Å². The molecule has 4 atom stereocenters. The molecule has 0 spiro atoms. The van der Waals surface area contributed by atoms with E-state index in [1.54, 1.807) is 55.3 Å². The maximum absolute atomic E-state index is 13.5. The highest BCUT2D eigenvalue weighted by Gasteiger charge is 2.36. The molecule has 2 saturated heterocycles. The number of fused-ring (bicyclic) bond motifs is 2. The van der Waals surface area contributed by atoms with Crippen LogP contribution < -0.4 is 0 Å². The average Bonchev–Trinajstić information content (AvgIpc) is 3.98. The fourth-order valence-corrected chi connectivity index (χ4v) is 8.79. The highest BCUT2D eigenvalue weighted by Crippen LogP contribution is 2.28. The molecule has 16 nitrogen and oxygen atoms in total. The zero-order valence-corrected chi connectivity index (χ0v) is 42.1. The third kappa shape index (κ3) is 13.4. The number of amides is 2. The highest BCUT2D eigenvalue weighted by atomic mass is 35.5. The Balaban J connectivity index is 0.000000205. The second kappa shape index (κ2) is 24.2.